The van der Waals surface area contributed by atoms with E-state index in [2.05, 4.69) is 5.32 Å². The lowest BCUT2D eigenvalue weighted by Gasteiger charge is -2.30. The maximum atomic E-state index is 13.3. The van der Waals surface area contributed by atoms with Crippen molar-refractivity contribution in [3.63, 3.8) is 0 Å². The third-order valence-electron chi connectivity index (χ3n) is 5.52. The number of carbonyl (C=O) groups excluding carboxylic acids is 2. The first kappa shape index (κ1) is 25.3. The average molecular weight is 473 g/mol. The van der Waals surface area contributed by atoms with Crippen molar-refractivity contribution in [3.8, 4) is 11.8 Å². The molecule has 3 rings (SSSR count). The fourth-order valence-corrected chi connectivity index (χ4v) is 3.88. The number of ether oxygens (including phenoxy) is 3. The van der Waals surface area contributed by atoms with Crippen molar-refractivity contribution >= 4 is 18.0 Å². The van der Waals surface area contributed by atoms with Crippen molar-refractivity contribution < 1.29 is 23.8 Å². The van der Waals surface area contributed by atoms with E-state index in [9.17, 15) is 9.59 Å². The van der Waals surface area contributed by atoms with Gasteiger partial charge in [0, 0.05) is 11.4 Å². The first-order valence-electron chi connectivity index (χ1n) is 11.2. The van der Waals surface area contributed by atoms with Crippen molar-refractivity contribution in [2.24, 2.45) is 0 Å². The Morgan fingerprint density at radius 3 is 2.20 bits per heavy atom. The molecule has 1 atom stereocenters. The number of dihydropyridines is 1. The highest BCUT2D eigenvalue weighted by Gasteiger charge is 2.38. The van der Waals surface area contributed by atoms with Gasteiger partial charge in [0.05, 0.1) is 36.7 Å². The lowest BCUT2D eigenvalue weighted by molar-refractivity contribution is -0.139. The lowest BCUT2D eigenvalue weighted by atomic mass is 9.80. The Hall–Kier alpha value is -4.31. The van der Waals surface area contributed by atoms with Crippen LogP contribution in [0.4, 0.5) is 0 Å². The van der Waals surface area contributed by atoms with Crippen LogP contribution in [0.3, 0.4) is 0 Å². The fourth-order valence-electron chi connectivity index (χ4n) is 3.88. The molecule has 0 spiro atoms. The Balaban J connectivity index is 1.89. The van der Waals surface area contributed by atoms with Crippen LogP contribution in [-0.4, -0.2) is 32.3 Å². The van der Waals surface area contributed by atoms with Gasteiger partial charge in [0.25, 0.3) is 0 Å². The minimum absolute atomic E-state index is 0.0335. The minimum Gasteiger partial charge on any atom is -0.497 e. The predicted molar refractivity (Wildman–Crippen MR) is 132 cm³/mol. The highest BCUT2D eigenvalue weighted by Crippen LogP contribution is 2.39. The topological polar surface area (TPSA) is 97.7 Å². The predicted octanol–water partition coefficient (Wildman–Crippen LogP) is 4.64. The average Bonchev–Trinajstić information content (AvgIpc) is 2.86. The third kappa shape index (κ3) is 6.39. The number of hydrogen-bond acceptors (Lipinski definition) is 7. The molecule has 0 bridgehead atoms. The van der Waals surface area contributed by atoms with E-state index in [1.165, 1.54) is 0 Å². The summed E-state index contributed by atoms with van der Waals surface area (Å²) >= 11 is 0. The van der Waals surface area contributed by atoms with Crippen LogP contribution in [0.1, 0.15) is 37.3 Å². The molecule has 1 aliphatic rings. The van der Waals surface area contributed by atoms with E-state index in [1.807, 2.05) is 42.5 Å². The molecule has 2 aromatic carbocycles. The number of nitrogens with zero attached hydrogens (tertiary/aromatic N) is 1. The van der Waals surface area contributed by atoms with Crippen LogP contribution < -0.4 is 10.1 Å². The van der Waals surface area contributed by atoms with E-state index in [-0.39, 0.29) is 19.6 Å². The summed E-state index contributed by atoms with van der Waals surface area (Å²) in [7, 11) is 1.57. The van der Waals surface area contributed by atoms with E-state index in [0.717, 1.165) is 5.56 Å². The zero-order valence-corrected chi connectivity index (χ0v) is 20.0. The Kier molecular flexibility index (Phi) is 8.85. The summed E-state index contributed by atoms with van der Waals surface area (Å²) in [5.74, 6) is -1.18. The molecule has 1 N–H and O–H groups in total. The summed E-state index contributed by atoms with van der Waals surface area (Å²) in [4.78, 5) is 26.3. The van der Waals surface area contributed by atoms with Crippen LogP contribution in [0.15, 0.2) is 83.2 Å². The molecule has 180 valence electrons. The smallest absolute Gasteiger partial charge is 0.337 e. The van der Waals surface area contributed by atoms with Crippen molar-refractivity contribution in [3.05, 3.63) is 94.3 Å². The van der Waals surface area contributed by atoms with Gasteiger partial charge < -0.3 is 19.5 Å². The van der Waals surface area contributed by atoms with Gasteiger partial charge in [0.1, 0.15) is 19.0 Å². The first-order chi connectivity index (χ1) is 17.0. The van der Waals surface area contributed by atoms with E-state index >= 15 is 0 Å². The quantitative estimate of drug-likeness (QED) is 0.419. The normalized spacial score (nSPS) is 15.4. The number of esters is 2. The zero-order valence-electron chi connectivity index (χ0n) is 20.0. The summed E-state index contributed by atoms with van der Waals surface area (Å²) in [6, 6.07) is 18.8. The molecule has 1 aliphatic heterocycles. The van der Waals surface area contributed by atoms with Gasteiger partial charge in [-0.25, -0.2) is 9.59 Å². The number of carbonyl (C=O) groups is 2. The van der Waals surface area contributed by atoms with Gasteiger partial charge in [0.15, 0.2) is 0 Å². The molecule has 1 heterocycles. The molecule has 0 amide bonds. The van der Waals surface area contributed by atoms with Crippen molar-refractivity contribution in [2.45, 2.75) is 26.2 Å². The van der Waals surface area contributed by atoms with Gasteiger partial charge in [-0.3, -0.25) is 0 Å². The van der Waals surface area contributed by atoms with E-state index in [4.69, 9.17) is 19.5 Å². The maximum absolute atomic E-state index is 13.3. The summed E-state index contributed by atoms with van der Waals surface area (Å²) in [5.41, 5.74) is 3.49. The van der Waals surface area contributed by atoms with Crippen molar-refractivity contribution in [1.29, 1.82) is 5.26 Å². The summed E-state index contributed by atoms with van der Waals surface area (Å²) in [5, 5.41) is 11.9. The second kappa shape index (κ2) is 12.2. The molecule has 0 saturated heterocycles. The summed E-state index contributed by atoms with van der Waals surface area (Å²) < 4.78 is 16.2. The first-order valence-corrected chi connectivity index (χ1v) is 11.2. The minimum atomic E-state index is -0.706. The molecule has 1 unspecified atom stereocenters. The summed E-state index contributed by atoms with van der Waals surface area (Å²) in [6.07, 6.45) is 3.72. The van der Waals surface area contributed by atoms with Gasteiger partial charge in [0.2, 0.25) is 0 Å². The second-order valence-corrected chi connectivity index (χ2v) is 7.86. The molecule has 7 heteroatoms. The third-order valence-corrected chi connectivity index (χ3v) is 5.52. The highest BCUT2D eigenvalue weighted by atomic mass is 16.5. The van der Waals surface area contributed by atoms with Gasteiger partial charge in [-0.15, -0.1) is 0 Å². The van der Waals surface area contributed by atoms with Gasteiger partial charge in [-0.1, -0.05) is 48.5 Å². The van der Waals surface area contributed by atoms with Crippen LogP contribution in [0, 0.1) is 11.3 Å². The zero-order chi connectivity index (χ0) is 25.2. The van der Waals surface area contributed by atoms with Crippen molar-refractivity contribution in [1.82, 2.24) is 5.32 Å². The molecule has 0 saturated carbocycles. The van der Waals surface area contributed by atoms with Crippen LogP contribution >= 0.6 is 0 Å². The van der Waals surface area contributed by atoms with Gasteiger partial charge in [-0.05, 0) is 43.2 Å². The molecular formula is C28H28N2O5. The molecule has 35 heavy (non-hydrogen) atoms. The van der Waals surface area contributed by atoms with E-state index in [1.54, 1.807) is 51.3 Å². The Labute approximate surface area is 205 Å². The number of nitrogens with one attached hydrogen (secondary N) is 1. The molecule has 0 aliphatic carbocycles. The molecule has 7 nitrogen and oxygen atoms in total. The number of hydrogen-bond donors (Lipinski definition) is 1. The largest absolute Gasteiger partial charge is 0.497 e. The Morgan fingerprint density at radius 1 is 0.971 bits per heavy atom. The molecule has 0 fully saturated rings. The Bertz CT molecular complexity index is 1190. The second-order valence-electron chi connectivity index (χ2n) is 7.86. The molecule has 0 radical (unpaired) electrons. The van der Waals surface area contributed by atoms with Crippen LogP contribution in [0.5, 0.6) is 5.75 Å². The molecular weight excluding hydrogens is 444 g/mol. The van der Waals surface area contributed by atoms with Crippen molar-refractivity contribution in [2.75, 3.05) is 20.3 Å². The van der Waals surface area contributed by atoms with Crippen LogP contribution in [0.25, 0.3) is 6.08 Å². The monoisotopic (exact) mass is 472 g/mol. The summed E-state index contributed by atoms with van der Waals surface area (Å²) in [6.45, 7) is 3.57. The van der Waals surface area contributed by atoms with Crippen LogP contribution in [0.2, 0.25) is 0 Å². The number of benzene rings is 2. The number of nitriles is 1. The van der Waals surface area contributed by atoms with E-state index < -0.39 is 17.9 Å². The Morgan fingerprint density at radius 2 is 1.60 bits per heavy atom. The standard InChI is InChI=1S/C28H28N2O5/c1-19-24(27(31)34-17-7-11-21-9-5-4-6-10-21)26(22-12-14-23(33-3)15-13-22)25(20(2)30-19)28(32)35-18-8-16-29/h4-7,9-15,26,30H,8,17-18H2,1-3H3. The lowest BCUT2D eigenvalue weighted by Crippen LogP contribution is -2.32. The number of methoxy groups -OCH3 is 1. The maximum Gasteiger partial charge on any atom is 0.337 e. The fraction of sp³-hybridized carbons (Fsp3) is 0.250. The van der Waals surface area contributed by atoms with Gasteiger partial charge >= 0.3 is 11.9 Å². The SMILES string of the molecule is COc1ccc(C2C(C(=O)OCC=Cc3ccccc3)=C(C)NC(C)=C2C(=O)OCCC#N)cc1. The van der Waals surface area contributed by atoms with Gasteiger partial charge in [-0.2, -0.15) is 5.26 Å². The molecule has 2 aromatic rings. The van der Waals surface area contributed by atoms with E-state index in [0.29, 0.717) is 33.9 Å². The van der Waals surface area contributed by atoms with Crippen LogP contribution in [-0.2, 0) is 19.1 Å². The molecule has 0 aromatic heterocycles. The number of rotatable bonds is 9. The number of allylic oxidation sites excluding steroid dienone is 2. The highest BCUT2D eigenvalue weighted by molar-refractivity contribution is 6.00.